The SMILES string of the molecule is CCCCN(CCCC)c1ccc2cc3c(cc2c1)Nc1c(cc(C#N)cc1C(=O)O)O3. The van der Waals surface area contributed by atoms with E-state index < -0.39 is 5.97 Å². The van der Waals surface area contributed by atoms with Crippen LogP contribution in [-0.4, -0.2) is 24.2 Å². The summed E-state index contributed by atoms with van der Waals surface area (Å²) in [6, 6.07) is 15.3. The lowest BCUT2D eigenvalue weighted by Gasteiger charge is -2.26. The van der Waals surface area contributed by atoms with Crippen molar-refractivity contribution in [2.45, 2.75) is 39.5 Å². The Labute approximate surface area is 188 Å². The standard InChI is InChI=1S/C26H27N3O3/c1-3-5-9-29(10-6-4-2)20-8-7-18-15-23-22(14-19(18)13-20)28-25-21(26(30)31)11-17(16-27)12-24(25)32-23/h7-8,11-15,28H,3-6,9-10H2,1-2H3,(H,30,31). The van der Waals surface area contributed by atoms with Gasteiger partial charge in [0.15, 0.2) is 11.5 Å². The predicted octanol–water partition coefficient (Wildman–Crippen LogP) is 6.67. The molecule has 4 rings (SSSR count). The van der Waals surface area contributed by atoms with Crippen molar-refractivity contribution in [3.8, 4) is 17.6 Å². The first kappa shape index (κ1) is 21.5. The molecule has 3 aromatic carbocycles. The van der Waals surface area contributed by atoms with Crippen molar-refractivity contribution in [1.82, 2.24) is 0 Å². The number of unbranched alkanes of at least 4 members (excludes halogenated alkanes) is 2. The molecule has 2 N–H and O–H groups in total. The molecule has 0 atom stereocenters. The van der Waals surface area contributed by atoms with Gasteiger partial charge in [-0.05, 0) is 53.9 Å². The fraction of sp³-hybridized carbons (Fsp3) is 0.308. The van der Waals surface area contributed by atoms with E-state index in [1.807, 2.05) is 18.2 Å². The van der Waals surface area contributed by atoms with Gasteiger partial charge in [0.2, 0.25) is 0 Å². The number of carboxylic acid groups (broad SMARTS) is 1. The first-order chi connectivity index (χ1) is 15.5. The maximum atomic E-state index is 11.7. The van der Waals surface area contributed by atoms with Gasteiger partial charge in [-0.2, -0.15) is 5.26 Å². The summed E-state index contributed by atoms with van der Waals surface area (Å²) in [7, 11) is 0. The predicted molar refractivity (Wildman–Crippen MR) is 127 cm³/mol. The van der Waals surface area contributed by atoms with Gasteiger partial charge in [0.05, 0.1) is 28.6 Å². The number of anilines is 3. The highest BCUT2D eigenvalue weighted by molar-refractivity contribution is 6.00. The van der Waals surface area contributed by atoms with E-state index in [2.05, 4.69) is 42.3 Å². The van der Waals surface area contributed by atoms with Crippen molar-refractivity contribution in [2.75, 3.05) is 23.3 Å². The Bertz CT molecular complexity index is 1210. The molecule has 0 aromatic heterocycles. The number of nitrogens with one attached hydrogen (secondary N) is 1. The van der Waals surface area contributed by atoms with E-state index in [0.717, 1.165) is 49.5 Å². The number of aromatic carboxylic acids is 1. The normalized spacial score (nSPS) is 11.7. The molecule has 6 nitrogen and oxygen atoms in total. The third-order valence-electron chi connectivity index (χ3n) is 5.79. The number of hydrogen-bond acceptors (Lipinski definition) is 5. The maximum Gasteiger partial charge on any atom is 0.338 e. The molecule has 0 saturated heterocycles. The second-order valence-electron chi connectivity index (χ2n) is 8.11. The number of hydrogen-bond donors (Lipinski definition) is 2. The Balaban J connectivity index is 1.72. The molecule has 0 fully saturated rings. The van der Waals surface area contributed by atoms with Crippen LogP contribution in [0.25, 0.3) is 10.8 Å². The Hall–Kier alpha value is -3.72. The van der Waals surface area contributed by atoms with Gasteiger partial charge >= 0.3 is 5.97 Å². The highest BCUT2D eigenvalue weighted by atomic mass is 16.5. The average Bonchev–Trinajstić information content (AvgIpc) is 2.80. The molecule has 1 aliphatic heterocycles. The molecule has 1 heterocycles. The third kappa shape index (κ3) is 4.19. The Morgan fingerprint density at radius 2 is 1.78 bits per heavy atom. The summed E-state index contributed by atoms with van der Waals surface area (Å²) in [6.45, 7) is 6.48. The lowest BCUT2D eigenvalue weighted by atomic mass is 10.0. The number of carbonyl (C=O) groups is 1. The quantitative estimate of drug-likeness (QED) is 0.325. The number of benzene rings is 3. The highest BCUT2D eigenvalue weighted by Gasteiger charge is 2.24. The molecule has 0 saturated carbocycles. The van der Waals surface area contributed by atoms with Crippen LogP contribution < -0.4 is 15.0 Å². The number of rotatable bonds is 8. The van der Waals surface area contributed by atoms with Crippen LogP contribution in [0.3, 0.4) is 0 Å². The van der Waals surface area contributed by atoms with Crippen LogP contribution in [0.5, 0.6) is 11.5 Å². The van der Waals surface area contributed by atoms with Crippen molar-refractivity contribution in [2.24, 2.45) is 0 Å². The first-order valence-electron chi connectivity index (χ1n) is 11.1. The zero-order valence-corrected chi connectivity index (χ0v) is 18.4. The van der Waals surface area contributed by atoms with Gasteiger partial charge in [0.25, 0.3) is 0 Å². The molecule has 6 heteroatoms. The van der Waals surface area contributed by atoms with Gasteiger partial charge in [-0.1, -0.05) is 32.8 Å². The number of ether oxygens (including phenoxy) is 1. The molecule has 0 aliphatic carbocycles. The summed E-state index contributed by atoms with van der Waals surface area (Å²) in [5, 5.41) is 24.2. The fourth-order valence-corrected chi connectivity index (χ4v) is 4.02. The third-order valence-corrected chi connectivity index (χ3v) is 5.79. The largest absolute Gasteiger partial charge is 0.478 e. The van der Waals surface area contributed by atoms with E-state index in [0.29, 0.717) is 22.9 Å². The van der Waals surface area contributed by atoms with Crippen molar-refractivity contribution < 1.29 is 14.6 Å². The van der Waals surface area contributed by atoms with Crippen LogP contribution in [0.1, 0.15) is 55.5 Å². The summed E-state index contributed by atoms with van der Waals surface area (Å²) in [5.41, 5.74) is 2.54. The van der Waals surface area contributed by atoms with Crippen molar-refractivity contribution in [3.63, 3.8) is 0 Å². The summed E-state index contributed by atoms with van der Waals surface area (Å²) in [5.74, 6) is -0.156. The van der Waals surface area contributed by atoms with Crippen LogP contribution >= 0.6 is 0 Å². The number of carboxylic acids is 1. The van der Waals surface area contributed by atoms with Crippen LogP contribution in [0.2, 0.25) is 0 Å². The summed E-state index contributed by atoms with van der Waals surface area (Å²) in [6.07, 6.45) is 4.62. The molecule has 0 amide bonds. The Morgan fingerprint density at radius 1 is 1.03 bits per heavy atom. The molecule has 0 unspecified atom stereocenters. The zero-order chi connectivity index (χ0) is 22.7. The molecular formula is C26H27N3O3. The minimum atomic E-state index is -1.11. The minimum Gasteiger partial charge on any atom is -0.478 e. The van der Waals surface area contributed by atoms with Crippen LogP contribution in [0.4, 0.5) is 17.1 Å². The first-order valence-corrected chi connectivity index (χ1v) is 11.1. The van der Waals surface area contributed by atoms with E-state index in [1.54, 1.807) is 6.07 Å². The van der Waals surface area contributed by atoms with E-state index in [-0.39, 0.29) is 11.1 Å². The van der Waals surface area contributed by atoms with Crippen molar-refractivity contribution >= 4 is 33.8 Å². The van der Waals surface area contributed by atoms with Gasteiger partial charge in [-0.25, -0.2) is 4.79 Å². The van der Waals surface area contributed by atoms with Gasteiger partial charge in [0.1, 0.15) is 0 Å². The second-order valence-corrected chi connectivity index (χ2v) is 8.11. The van der Waals surface area contributed by atoms with Crippen LogP contribution in [-0.2, 0) is 0 Å². The number of fused-ring (bicyclic) bond motifs is 3. The monoisotopic (exact) mass is 429 g/mol. The number of nitrogens with zero attached hydrogens (tertiary/aromatic N) is 2. The van der Waals surface area contributed by atoms with E-state index >= 15 is 0 Å². The van der Waals surface area contributed by atoms with Crippen LogP contribution in [0, 0.1) is 11.3 Å². The lowest BCUT2D eigenvalue weighted by Crippen LogP contribution is -2.25. The van der Waals surface area contributed by atoms with Gasteiger partial charge in [-0.15, -0.1) is 0 Å². The second kappa shape index (κ2) is 9.19. The molecule has 3 aromatic rings. The molecule has 0 radical (unpaired) electrons. The molecule has 0 bridgehead atoms. The fourth-order valence-electron chi connectivity index (χ4n) is 4.02. The molecule has 1 aliphatic rings. The smallest absolute Gasteiger partial charge is 0.338 e. The van der Waals surface area contributed by atoms with Gasteiger partial charge < -0.3 is 20.1 Å². The average molecular weight is 430 g/mol. The Kier molecular flexibility index (Phi) is 6.18. The molecule has 32 heavy (non-hydrogen) atoms. The van der Waals surface area contributed by atoms with Crippen molar-refractivity contribution in [1.29, 1.82) is 5.26 Å². The topological polar surface area (TPSA) is 85.6 Å². The highest BCUT2D eigenvalue weighted by Crippen LogP contribution is 2.46. The summed E-state index contributed by atoms with van der Waals surface area (Å²) < 4.78 is 6.02. The van der Waals surface area contributed by atoms with Crippen LogP contribution in [0.15, 0.2) is 42.5 Å². The van der Waals surface area contributed by atoms with E-state index in [9.17, 15) is 15.2 Å². The summed E-state index contributed by atoms with van der Waals surface area (Å²) >= 11 is 0. The minimum absolute atomic E-state index is 0.0175. The van der Waals surface area contributed by atoms with Gasteiger partial charge in [0, 0.05) is 24.8 Å². The zero-order valence-electron chi connectivity index (χ0n) is 18.4. The number of nitriles is 1. The van der Waals surface area contributed by atoms with Crippen molar-refractivity contribution in [3.05, 3.63) is 53.6 Å². The molecular weight excluding hydrogens is 402 g/mol. The maximum absolute atomic E-state index is 11.7. The van der Waals surface area contributed by atoms with Gasteiger partial charge in [-0.3, -0.25) is 0 Å². The lowest BCUT2D eigenvalue weighted by molar-refractivity contribution is 0.0697. The Morgan fingerprint density at radius 3 is 2.44 bits per heavy atom. The molecule has 164 valence electrons. The molecule has 0 spiro atoms. The van der Waals surface area contributed by atoms with E-state index in [1.165, 1.54) is 11.8 Å². The van der Waals surface area contributed by atoms with E-state index in [4.69, 9.17) is 4.74 Å². The summed E-state index contributed by atoms with van der Waals surface area (Å²) in [4.78, 5) is 14.2.